The molecule has 0 aromatic carbocycles. The molecule has 0 rings (SSSR count). The van der Waals surface area contributed by atoms with E-state index in [2.05, 4.69) is 5.10 Å². The van der Waals surface area contributed by atoms with Crippen LogP contribution in [0.4, 0.5) is 13.2 Å². The standard InChI is InChI=1S/C12H15F3N4O2/c1-4-9(5-10(20)12(13,14)15)17-18-11(21)8(6-16)7-19(2)3/h7H,4-5H2,1-3H3,(H,18,21). The van der Waals surface area contributed by atoms with Gasteiger partial charge in [-0.15, -0.1) is 0 Å². The molecule has 0 aliphatic heterocycles. The number of alkyl halides is 3. The van der Waals surface area contributed by atoms with E-state index in [9.17, 15) is 22.8 Å². The molecule has 0 aromatic rings. The number of ketones is 1. The lowest BCUT2D eigenvalue weighted by atomic mass is 10.1. The molecule has 0 radical (unpaired) electrons. The van der Waals surface area contributed by atoms with Crippen LogP contribution in [0.25, 0.3) is 0 Å². The fourth-order valence-corrected chi connectivity index (χ4v) is 1.12. The molecule has 0 fully saturated rings. The smallest absolute Gasteiger partial charge is 0.382 e. The molecule has 1 N–H and O–H groups in total. The van der Waals surface area contributed by atoms with Crippen LogP contribution in [0.2, 0.25) is 0 Å². The predicted octanol–water partition coefficient (Wildman–Crippen LogP) is 1.36. The van der Waals surface area contributed by atoms with Gasteiger partial charge in [-0.25, -0.2) is 5.43 Å². The van der Waals surface area contributed by atoms with Crippen molar-refractivity contribution in [2.75, 3.05) is 14.1 Å². The molecule has 0 bridgehead atoms. The van der Waals surface area contributed by atoms with Crippen LogP contribution in [0.1, 0.15) is 19.8 Å². The third kappa shape index (κ3) is 7.10. The number of hydrogen-bond acceptors (Lipinski definition) is 5. The molecule has 116 valence electrons. The lowest BCUT2D eigenvalue weighted by molar-refractivity contribution is -0.169. The van der Waals surface area contributed by atoms with Gasteiger partial charge in [0.05, 0.1) is 6.42 Å². The zero-order chi connectivity index (χ0) is 16.6. The van der Waals surface area contributed by atoms with Crippen molar-refractivity contribution in [3.63, 3.8) is 0 Å². The monoisotopic (exact) mass is 304 g/mol. The molecule has 0 aliphatic rings. The Morgan fingerprint density at radius 1 is 1.38 bits per heavy atom. The lowest BCUT2D eigenvalue weighted by Crippen LogP contribution is -2.27. The number of amides is 1. The highest BCUT2D eigenvalue weighted by atomic mass is 19.4. The van der Waals surface area contributed by atoms with Crippen molar-refractivity contribution < 1.29 is 22.8 Å². The van der Waals surface area contributed by atoms with Gasteiger partial charge in [0.1, 0.15) is 11.6 Å². The van der Waals surface area contributed by atoms with Crippen molar-refractivity contribution in [2.24, 2.45) is 5.10 Å². The minimum absolute atomic E-state index is 0.0569. The maximum Gasteiger partial charge on any atom is 0.450 e. The molecule has 9 heteroatoms. The van der Waals surface area contributed by atoms with Crippen LogP contribution in [-0.4, -0.2) is 42.6 Å². The summed E-state index contributed by atoms with van der Waals surface area (Å²) in [5.41, 5.74) is 1.56. The Labute approximate surface area is 119 Å². The fraction of sp³-hybridized carbons (Fsp3) is 0.500. The highest BCUT2D eigenvalue weighted by molar-refractivity contribution is 6.05. The van der Waals surface area contributed by atoms with Gasteiger partial charge in [0.15, 0.2) is 0 Å². The summed E-state index contributed by atoms with van der Waals surface area (Å²) in [6.07, 6.45) is -4.58. The second kappa shape index (κ2) is 8.04. The van der Waals surface area contributed by atoms with Crippen molar-refractivity contribution in [3.05, 3.63) is 11.8 Å². The Balaban J connectivity index is 4.87. The van der Waals surface area contributed by atoms with Crippen LogP contribution >= 0.6 is 0 Å². The van der Waals surface area contributed by atoms with Gasteiger partial charge in [0.2, 0.25) is 5.78 Å². The minimum atomic E-state index is -4.94. The minimum Gasteiger partial charge on any atom is -0.382 e. The third-order valence-electron chi connectivity index (χ3n) is 2.16. The van der Waals surface area contributed by atoms with E-state index in [1.807, 2.05) is 5.43 Å². The number of halogens is 3. The molecule has 0 aliphatic carbocycles. The second-order valence-electron chi connectivity index (χ2n) is 4.19. The molecule has 0 saturated carbocycles. The van der Waals surface area contributed by atoms with Gasteiger partial charge >= 0.3 is 6.18 Å². The molecular weight excluding hydrogens is 289 g/mol. The van der Waals surface area contributed by atoms with Crippen LogP contribution in [0.3, 0.4) is 0 Å². The maximum atomic E-state index is 12.1. The van der Waals surface area contributed by atoms with E-state index in [4.69, 9.17) is 5.26 Å². The molecule has 0 saturated heterocycles. The second-order valence-corrected chi connectivity index (χ2v) is 4.19. The summed E-state index contributed by atoms with van der Waals surface area (Å²) >= 11 is 0. The molecule has 0 unspecified atom stereocenters. The first-order valence-corrected chi connectivity index (χ1v) is 5.86. The summed E-state index contributed by atoms with van der Waals surface area (Å²) in [6, 6.07) is 1.63. The van der Waals surface area contributed by atoms with Crippen LogP contribution < -0.4 is 5.43 Å². The number of hydrazone groups is 1. The van der Waals surface area contributed by atoms with E-state index in [1.165, 1.54) is 18.0 Å². The van der Waals surface area contributed by atoms with Crippen LogP contribution in [-0.2, 0) is 9.59 Å². The number of carbonyl (C=O) groups is 2. The molecule has 0 heterocycles. The molecule has 0 aromatic heterocycles. The summed E-state index contributed by atoms with van der Waals surface area (Å²) in [6.45, 7) is 1.50. The van der Waals surface area contributed by atoms with E-state index in [0.717, 1.165) is 0 Å². The van der Waals surface area contributed by atoms with Crippen LogP contribution in [0.15, 0.2) is 16.9 Å². The van der Waals surface area contributed by atoms with Gasteiger partial charge in [0, 0.05) is 26.0 Å². The molecule has 0 atom stereocenters. The molecule has 0 spiro atoms. The molecular formula is C12H15F3N4O2. The van der Waals surface area contributed by atoms with Gasteiger partial charge < -0.3 is 4.90 Å². The average molecular weight is 304 g/mol. The summed E-state index contributed by atoms with van der Waals surface area (Å²) < 4.78 is 36.4. The summed E-state index contributed by atoms with van der Waals surface area (Å²) in [7, 11) is 3.18. The first-order valence-electron chi connectivity index (χ1n) is 5.86. The summed E-state index contributed by atoms with van der Waals surface area (Å²) in [5.74, 6) is -2.81. The van der Waals surface area contributed by atoms with E-state index in [1.54, 1.807) is 20.2 Å². The van der Waals surface area contributed by atoms with E-state index in [-0.39, 0.29) is 17.7 Å². The number of nitrogens with one attached hydrogen (secondary N) is 1. The van der Waals surface area contributed by atoms with E-state index in [0.29, 0.717) is 0 Å². The van der Waals surface area contributed by atoms with Gasteiger partial charge in [0.25, 0.3) is 5.91 Å². The van der Waals surface area contributed by atoms with Crippen LogP contribution in [0.5, 0.6) is 0 Å². The predicted molar refractivity (Wildman–Crippen MR) is 68.9 cm³/mol. The Kier molecular flexibility index (Phi) is 7.13. The number of nitrogens with zero attached hydrogens (tertiary/aromatic N) is 3. The number of hydrogen-bond donors (Lipinski definition) is 1. The summed E-state index contributed by atoms with van der Waals surface area (Å²) in [4.78, 5) is 23.8. The Morgan fingerprint density at radius 3 is 2.33 bits per heavy atom. The Morgan fingerprint density at radius 2 is 1.95 bits per heavy atom. The Hall–Kier alpha value is -2.37. The van der Waals surface area contributed by atoms with Gasteiger partial charge in [-0.05, 0) is 6.42 Å². The third-order valence-corrected chi connectivity index (χ3v) is 2.16. The van der Waals surface area contributed by atoms with Crippen molar-refractivity contribution in [1.82, 2.24) is 10.3 Å². The lowest BCUT2D eigenvalue weighted by Gasteiger charge is -2.08. The van der Waals surface area contributed by atoms with Crippen LogP contribution in [0, 0.1) is 11.3 Å². The van der Waals surface area contributed by atoms with Crippen molar-refractivity contribution in [3.8, 4) is 6.07 Å². The highest BCUT2D eigenvalue weighted by Crippen LogP contribution is 2.18. The van der Waals surface area contributed by atoms with Gasteiger partial charge in [-0.2, -0.15) is 23.5 Å². The first kappa shape index (κ1) is 18.6. The van der Waals surface area contributed by atoms with E-state index >= 15 is 0 Å². The van der Waals surface area contributed by atoms with Gasteiger partial charge in [-0.1, -0.05) is 6.92 Å². The van der Waals surface area contributed by atoms with E-state index < -0.39 is 24.3 Å². The number of carbonyl (C=O) groups excluding carboxylic acids is 2. The zero-order valence-corrected chi connectivity index (χ0v) is 11.8. The fourth-order valence-electron chi connectivity index (χ4n) is 1.12. The molecule has 21 heavy (non-hydrogen) atoms. The first-order chi connectivity index (χ1) is 9.61. The average Bonchev–Trinajstić information content (AvgIpc) is 2.38. The summed E-state index contributed by atoms with van der Waals surface area (Å²) in [5, 5.41) is 12.2. The molecule has 1 amide bonds. The normalized spacial score (nSPS) is 12.6. The number of Topliss-reactive ketones (excluding diaryl/α,β-unsaturated/α-hetero) is 1. The maximum absolute atomic E-state index is 12.1. The van der Waals surface area contributed by atoms with Crippen molar-refractivity contribution in [1.29, 1.82) is 5.26 Å². The zero-order valence-electron chi connectivity index (χ0n) is 11.8. The SMILES string of the molecule is CCC(CC(=O)C(F)(F)F)=NNC(=O)C(C#N)=CN(C)C. The Bertz CT molecular complexity index is 502. The van der Waals surface area contributed by atoms with Crippen molar-refractivity contribution in [2.45, 2.75) is 25.9 Å². The largest absolute Gasteiger partial charge is 0.450 e. The van der Waals surface area contributed by atoms with Gasteiger partial charge in [-0.3, -0.25) is 9.59 Å². The quantitative estimate of drug-likeness (QED) is 0.347. The number of nitriles is 1. The molecule has 6 nitrogen and oxygen atoms in total. The topological polar surface area (TPSA) is 85.6 Å². The highest BCUT2D eigenvalue weighted by Gasteiger charge is 2.38. The van der Waals surface area contributed by atoms with Crippen molar-refractivity contribution >= 4 is 17.4 Å². The number of rotatable bonds is 6.